The molecule has 1 fully saturated rings. The molecule has 0 spiro atoms. The van der Waals surface area contributed by atoms with Crippen LogP contribution in [-0.2, 0) is 6.54 Å². The SMILES string of the molecule is NC1CCC(N(Cc2cccc(NC(=O)c3cccc(Cl)c3)c2)C(=O)c2cccc(F)c2)CC1. The monoisotopic (exact) mass is 479 g/mol. The zero-order valence-electron chi connectivity index (χ0n) is 18.7. The van der Waals surface area contributed by atoms with Crippen LogP contribution in [0.2, 0.25) is 5.02 Å². The Morgan fingerprint density at radius 2 is 1.65 bits per heavy atom. The van der Waals surface area contributed by atoms with Gasteiger partial charge in [0.1, 0.15) is 5.82 Å². The van der Waals surface area contributed by atoms with Gasteiger partial charge in [-0.1, -0.05) is 35.9 Å². The van der Waals surface area contributed by atoms with E-state index in [1.54, 1.807) is 47.4 Å². The number of carbonyl (C=O) groups is 2. The van der Waals surface area contributed by atoms with E-state index in [9.17, 15) is 14.0 Å². The van der Waals surface area contributed by atoms with Gasteiger partial charge < -0.3 is 16.0 Å². The van der Waals surface area contributed by atoms with Gasteiger partial charge >= 0.3 is 0 Å². The smallest absolute Gasteiger partial charge is 0.255 e. The number of nitrogens with two attached hydrogens (primary N) is 1. The molecular formula is C27H27ClFN3O2. The van der Waals surface area contributed by atoms with E-state index in [1.165, 1.54) is 12.1 Å². The average Bonchev–Trinajstić information content (AvgIpc) is 2.83. The molecule has 176 valence electrons. The molecule has 34 heavy (non-hydrogen) atoms. The van der Waals surface area contributed by atoms with Gasteiger partial charge in [-0.25, -0.2) is 4.39 Å². The van der Waals surface area contributed by atoms with E-state index in [4.69, 9.17) is 17.3 Å². The molecule has 0 saturated heterocycles. The molecule has 2 amide bonds. The van der Waals surface area contributed by atoms with Crippen LogP contribution in [0.1, 0.15) is 52.0 Å². The van der Waals surface area contributed by atoms with E-state index in [0.717, 1.165) is 31.2 Å². The number of halogens is 2. The maximum Gasteiger partial charge on any atom is 0.255 e. The van der Waals surface area contributed by atoms with Crippen LogP contribution in [0.4, 0.5) is 10.1 Å². The molecule has 0 bridgehead atoms. The van der Waals surface area contributed by atoms with Gasteiger partial charge in [0.25, 0.3) is 11.8 Å². The lowest BCUT2D eigenvalue weighted by Crippen LogP contribution is -2.43. The minimum absolute atomic E-state index is 0.0141. The van der Waals surface area contributed by atoms with Crippen molar-refractivity contribution in [3.05, 3.63) is 100 Å². The molecule has 0 unspecified atom stereocenters. The molecule has 7 heteroatoms. The second-order valence-corrected chi connectivity index (χ2v) is 9.11. The standard InChI is InChI=1S/C27H27ClFN3O2/c28-21-7-2-5-19(15-21)26(33)31-24-9-1-4-18(14-24)17-32(25-12-10-23(30)11-13-25)27(34)20-6-3-8-22(29)16-20/h1-9,14-16,23,25H,10-13,17,30H2,(H,31,33). The molecule has 0 aliphatic heterocycles. The predicted molar refractivity (Wildman–Crippen MR) is 132 cm³/mol. The first-order chi connectivity index (χ1) is 16.4. The fourth-order valence-electron chi connectivity index (χ4n) is 4.34. The summed E-state index contributed by atoms with van der Waals surface area (Å²) in [4.78, 5) is 27.8. The Kier molecular flexibility index (Phi) is 7.60. The van der Waals surface area contributed by atoms with Crippen molar-refractivity contribution in [1.82, 2.24) is 4.90 Å². The highest BCUT2D eigenvalue weighted by Gasteiger charge is 2.29. The van der Waals surface area contributed by atoms with Crippen LogP contribution in [0.3, 0.4) is 0 Å². The summed E-state index contributed by atoms with van der Waals surface area (Å²) in [6.07, 6.45) is 3.28. The van der Waals surface area contributed by atoms with Gasteiger partial charge in [0.2, 0.25) is 0 Å². The third-order valence-electron chi connectivity index (χ3n) is 6.14. The van der Waals surface area contributed by atoms with E-state index in [1.807, 2.05) is 18.2 Å². The first-order valence-electron chi connectivity index (χ1n) is 11.4. The number of hydrogen-bond donors (Lipinski definition) is 2. The molecule has 1 saturated carbocycles. The Balaban J connectivity index is 1.55. The molecular weight excluding hydrogens is 453 g/mol. The van der Waals surface area contributed by atoms with E-state index in [0.29, 0.717) is 28.4 Å². The van der Waals surface area contributed by atoms with Gasteiger partial charge in [0, 0.05) is 40.5 Å². The highest BCUT2D eigenvalue weighted by molar-refractivity contribution is 6.31. The highest BCUT2D eigenvalue weighted by Crippen LogP contribution is 2.26. The Morgan fingerprint density at radius 3 is 2.38 bits per heavy atom. The van der Waals surface area contributed by atoms with Crippen molar-refractivity contribution in [2.45, 2.75) is 44.3 Å². The Labute approximate surface area is 203 Å². The number of nitrogens with zero attached hydrogens (tertiary/aromatic N) is 1. The summed E-state index contributed by atoms with van der Waals surface area (Å²) in [6.45, 7) is 0.343. The van der Waals surface area contributed by atoms with Crippen LogP contribution in [0.5, 0.6) is 0 Å². The van der Waals surface area contributed by atoms with Crippen molar-refractivity contribution >= 4 is 29.1 Å². The highest BCUT2D eigenvalue weighted by atomic mass is 35.5. The fourth-order valence-corrected chi connectivity index (χ4v) is 4.53. The second kappa shape index (κ2) is 10.8. The maximum atomic E-state index is 13.8. The zero-order valence-corrected chi connectivity index (χ0v) is 19.5. The van der Waals surface area contributed by atoms with Crippen LogP contribution in [-0.4, -0.2) is 28.8 Å². The molecule has 5 nitrogen and oxygen atoms in total. The van der Waals surface area contributed by atoms with Gasteiger partial charge in [-0.2, -0.15) is 0 Å². The minimum Gasteiger partial charge on any atom is -0.331 e. The van der Waals surface area contributed by atoms with Crippen molar-refractivity contribution in [2.24, 2.45) is 5.73 Å². The van der Waals surface area contributed by atoms with E-state index in [2.05, 4.69) is 5.32 Å². The summed E-state index contributed by atoms with van der Waals surface area (Å²) in [6, 6.07) is 20.1. The summed E-state index contributed by atoms with van der Waals surface area (Å²) < 4.78 is 13.8. The third kappa shape index (κ3) is 6.01. The third-order valence-corrected chi connectivity index (χ3v) is 6.37. The maximum absolute atomic E-state index is 13.8. The Bertz CT molecular complexity index is 1180. The van der Waals surface area contributed by atoms with Crippen LogP contribution in [0, 0.1) is 5.82 Å². The zero-order chi connectivity index (χ0) is 24.1. The van der Waals surface area contributed by atoms with Crippen molar-refractivity contribution in [1.29, 1.82) is 0 Å². The van der Waals surface area contributed by atoms with Gasteiger partial charge in [0.05, 0.1) is 0 Å². The van der Waals surface area contributed by atoms with Crippen molar-refractivity contribution in [3.63, 3.8) is 0 Å². The van der Waals surface area contributed by atoms with Gasteiger partial charge in [-0.15, -0.1) is 0 Å². The van der Waals surface area contributed by atoms with Crippen LogP contribution < -0.4 is 11.1 Å². The number of benzene rings is 3. The van der Waals surface area contributed by atoms with E-state index >= 15 is 0 Å². The molecule has 1 aliphatic rings. The molecule has 4 rings (SSSR count). The number of carbonyl (C=O) groups excluding carboxylic acids is 2. The molecule has 1 aliphatic carbocycles. The lowest BCUT2D eigenvalue weighted by molar-refractivity contribution is 0.0605. The lowest BCUT2D eigenvalue weighted by atomic mass is 9.90. The van der Waals surface area contributed by atoms with Crippen LogP contribution >= 0.6 is 11.6 Å². The van der Waals surface area contributed by atoms with Crippen molar-refractivity contribution < 1.29 is 14.0 Å². The lowest BCUT2D eigenvalue weighted by Gasteiger charge is -2.36. The van der Waals surface area contributed by atoms with Crippen molar-refractivity contribution in [3.8, 4) is 0 Å². The minimum atomic E-state index is -0.442. The first-order valence-corrected chi connectivity index (χ1v) is 11.7. The number of rotatable bonds is 6. The predicted octanol–water partition coefficient (Wildman–Crippen LogP) is 5.64. The number of anilines is 1. The Morgan fingerprint density at radius 1 is 0.941 bits per heavy atom. The van der Waals surface area contributed by atoms with E-state index < -0.39 is 5.82 Å². The molecule has 3 N–H and O–H groups in total. The number of nitrogens with one attached hydrogen (secondary N) is 1. The molecule has 0 radical (unpaired) electrons. The van der Waals surface area contributed by atoms with Gasteiger partial charge in [0.15, 0.2) is 0 Å². The number of amides is 2. The molecule has 0 heterocycles. The summed E-state index contributed by atoms with van der Waals surface area (Å²) in [7, 11) is 0. The van der Waals surface area contributed by atoms with E-state index in [-0.39, 0.29) is 23.9 Å². The molecule has 0 atom stereocenters. The van der Waals surface area contributed by atoms with Crippen LogP contribution in [0.15, 0.2) is 72.8 Å². The van der Waals surface area contributed by atoms with Crippen molar-refractivity contribution in [2.75, 3.05) is 5.32 Å². The van der Waals surface area contributed by atoms with Gasteiger partial charge in [-0.05, 0) is 79.8 Å². The largest absolute Gasteiger partial charge is 0.331 e. The summed E-state index contributed by atoms with van der Waals surface area (Å²) in [5.74, 6) is -0.927. The molecule has 3 aromatic rings. The first kappa shape index (κ1) is 23.9. The normalized spacial score (nSPS) is 17.7. The topological polar surface area (TPSA) is 75.4 Å². The summed E-state index contributed by atoms with van der Waals surface area (Å²) >= 11 is 6.00. The Hall–Kier alpha value is -3.22. The second-order valence-electron chi connectivity index (χ2n) is 8.68. The summed E-state index contributed by atoms with van der Waals surface area (Å²) in [5, 5.41) is 3.37. The molecule has 3 aromatic carbocycles. The molecule has 0 aromatic heterocycles. The van der Waals surface area contributed by atoms with Gasteiger partial charge in [-0.3, -0.25) is 9.59 Å². The average molecular weight is 480 g/mol. The number of hydrogen-bond acceptors (Lipinski definition) is 3. The fraction of sp³-hybridized carbons (Fsp3) is 0.259. The summed E-state index contributed by atoms with van der Waals surface area (Å²) in [5.41, 5.74) is 8.34. The quantitative estimate of drug-likeness (QED) is 0.480. The van der Waals surface area contributed by atoms with Crippen LogP contribution in [0.25, 0.3) is 0 Å².